The minimum atomic E-state index is -0.740. The van der Waals surface area contributed by atoms with Gasteiger partial charge in [-0.15, -0.1) is 0 Å². The minimum absolute atomic E-state index is 0.145. The Kier molecular flexibility index (Phi) is 4.33. The molecule has 1 aromatic heterocycles. The molecule has 0 amide bonds. The van der Waals surface area contributed by atoms with Crippen LogP contribution in [0.4, 0.5) is 6.01 Å². The van der Waals surface area contributed by atoms with Gasteiger partial charge < -0.3 is 14.9 Å². The van der Waals surface area contributed by atoms with E-state index in [1.807, 2.05) is 13.8 Å². The largest absolute Gasteiger partial charge is 0.480 e. The van der Waals surface area contributed by atoms with Crippen molar-refractivity contribution in [3.05, 3.63) is 5.82 Å². The summed E-state index contributed by atoms with van der Waals surface area (Å²) in [6, 6.07) is 1.11. The van der Waals surface area contributed by atoms with Crippen LogP contribution in [-0.2, 0) is 4.79 Å². The van der Waals surface area contributed by atoms with E-state index in [1.54, 1.807) is 0 Å². The number of rotatable bonds is 8. The van der Waals surface area contributed by atoms with E-state index in [0.29, 0.717) is 29.8 Å². The molecule has 2 N–H and O–H groups in total. The fourth-order valence-electron chi connectivity index (χ4n) is 2.85. The minimum Gasteiger partial charge on any atom is -0.480 e. The van der Waals surface area contributed by atoms with Crippen molar-refractivity contribution in [2.45, 2.75) is 57.5 Å². The number of nitrogens with zero attached hydrogens (tertiary/aromatic N) is 3. The topological polar surface area (TPSA) is 91.5 Å². The molecule has 122 valence electrons. The number of aromatic nitrogens is 2. The molecule has 7 nitrogen and oxygen atoms in total. The molecular formula is C15H24N4O3. The molecule has 0 aromatic carbocycles. The smallest absolute Gasteiger partial charge is 0.321 e. The molecule has 2 saturated carbocycles. The van der Waals surface area contributed by atoms with Crippen molar-refractivity contribution in [1.82, 2.24) is 15.0 Å². The summed E-state index contributed by atoms with van der Waals surface area (Å²) in [6.07, 6.45) is 4.34. The standard InChI is InChI=1S/C15H24N4O3/c1-9(2)14-17-15(22-18-14)16-11-5-12(6-11)19(8-13(20)21)7-10-3-4-10/h9-12H,3-8H2,1-2H3,(H,20,21)(H,16,17,18). The van der Waals surface area contributed by atoms with Gasteiger partial charge in [0.1, 0.15) is 0 Å². The van der Waals surface area contributed by atoms with Crippen LogP contribution in [0.5, 0.6) is 0 Å². The van der Waals surface area contributed by atoms with Crippen LogP contribution in [0.2, 0.25) is 0 Å². The van der Waals surface area contributed by atoms with E-state index in [9.17, 15) is 4.79 Å². The number of anilines is 1. The van der Waals surface area contributed by atoms with E-state index < -0.39 is 5.97 Å². The summed E-state index contributed by atoms with van der Waals surface area (Å²) in [5.41, 5.74) is 0. The van der Waals surface area contributed by atoms with Crippen molar-refractivity contribution in [2.75, 3.05) is 18.4 Å². The van der Waals surface area contributed by atoms with Gasteiger partial charge in [-0.25, -0.2) is 0 Å². The molecule has 1 heterocycles. The Morgan fingerprint density at radius 1 is 1.45 bits per heavy atom. The quantitative estimate of drug-likeness (QED) is 0.758. The third-order valence-corrected chi connectivity index (χ3v) is 4.44. The predicted octanol–water partition coefficient (Wildman–Crippen LogP) is 1.93. The van der Waals surface area contributed by atoms with E-state index in [4.69, 9.17) is 9.63 Å². The number of aliphatic carboxylic acids is 1. The first kappa shape index (κ1) is 15.3. The monoisotopic (exact) mass is 308 g/mol. The second-order valence-electron chi connectivity index (χ2n) is 6.85. The maximum Gasteiger partial charge on any atom is 0.321 e. The first-order valence-electron chi connectivity index (χ1n) is 8.07. The van der Waals surface area contributed by atoms with Crippen molar-refractivity contribution in [2.24, 2.45) is 5.92 Å². The number of nitrogens with one attached hydrogen (secondary N) is 1. The second-order valence-corrected chi connectivity index (χ2v) is 6.85. The molecule has 2 aliphatic carbocycles. The van der Waals surface area contributed by atoms with Crippen LogP contribution in [0.15, 0.2) is 4.52 Å². The summed E-state index contributed by atoms with van der Waals surface area (Å²) in [5.74, 6) is 0.920. The van der Waals surface area contributed by atoms with E-state index in [-0.39, 0.29) is 12.5 Å². The molecule has 22 heavy (non-hydrogen) atoms. The van der Waals surface area contributed by atoms with Crippen LogP contribution < -0.4 is 5.32 Å². The van der Waals surface area contributed by atoms with Gasteiger partial charge in [0.25, 0.3) is 0 Å². The molecule has 2 fully saturated rings. The van der Waals surface area contributed by atoms with Gasteiger partial charge in [-0.05, 0) is 31.6 Å². The Labute approximate surface area is 130 Å². The highest BCUT2D eigenvalue weighted by Gasteiger charge is 2.37. The average molecular weight is 308 g/mol. The molecule has 1 aromatic rings. The van der Waals surface area contributed by atoms with Crippen molar-refractivity contribution in [3.8, 4) is 0 Å². The molecule has 0 aliphatic heterocycles. The third-order valence-electron chi connectivity index (χ3n) is 4.44. The zero-order valence-corrected chi connectivity index (χ0v) is 13.2. The highest BCUT2D eigenvalue weighted by atomic mass is 16.5. The number of hydrogen-bond acceptors (Lipinski definition) is 6. The lowest BCUT2D eigenvalue weighted by Crippen LogP contribution is -2.52. The predicted molar refractivity (Wildman–Crippen MR) is 80.8 cm³/mol. The van der Waals surface area contributed by atoms with Gasteiger partial charge in [0.05, 0.1) is 6.54 Å². The molecule has 0 unspecified atom stereocenters. The number of hydrogen-bond donors (Lipinski definition) is 2. The first-order valence-corrected chi connectivity index (χ1v) is 8.07. The Morgan fingerprint density at radius 2 is 2.18 bits per heavy atom. The normalized spacial score (nSPS) is 24.5. The summed E-state index contributed by atoms with van der Waals surface area (Å²) in [6.45, 7) is 5.11. The van der Waals surface area contributed by atoms with Crippen molar-refractivity contribution >= 4 is 12.0 Å². The zero-order chi connectivity index (χ0) is 15.7. The van der Waals surface area contributed by atoms with Crippen LogP contribution in [0.25, 0.3) is 0 Å². The molecule has 0 bridgehead atoms. The summed E-state index contributed by atoms with van der Waals surface area (Å²) >= 11 is 0. The number of carbonyl (C=O) groups is 1. The lowest BCUT2D eigenvalue weighted by Gasteiger charge is -2.42. The molecule has 0 radical (unpaired) electrons. The van der Waals surface area contributed by atoms with Gasteiger partial charge in [-0.2, -0.15) is 4.98 Å². The van der Waals surface area contributed by atoms with Crippen LogP contribution in [-0.4, -0.2) is 51.3 Å². The zero-order valence-electron chi connectivity index (χ0n) is 13.2. The van der Waals surface area contributed by atoms with Gasteiger partial charge in [-0.1, -0.05) is 19.0 Å². The maximum atomic E-state index is 11.0. The molecular weight excluding hydrogens is 284 g/mol. The molecule has 3 rings (SSSR count). The lowest BCUT2D eigenvalue weighted by molar-refractivity contribution is -0.139. The Balaban J connectivity index is 1.47. The Hall–Kier alpha value is -1.63. The van der Waals surface area contributed by atoms with Crippen molar-refractivity contribution < 1.29 is 14.4 Å². The maximum absolute atomic E-state index is 11.0. The fourth-order valence-corrected chi connectivity index (χ4v) is 2.85. The van der Waals surface area contributed by atoms with Crippen LogP contribution in [0.1, 0.15) is 51.3 Å². The summed E-state index contributed by atoms with van der Waals surface area (Å²) < 4.78 is 5.19. The Morgan fingerprint density at radius 3 is 2.73 bits per heavy atom. The number of carboxylic acids is 1. The van der Waals surface area contributed by atoms with Crippen molar-refractivity contribution in [3.63, 3.8) is 0 Å². The Bertz CT molecular complexity index is 521. The van der Waals surface area contributed by atoms with Gasteiger partial charge in [0.15, 0.2) is 5.82 Å². The fraction of sp³-hybridized carbons (Fsp3) is 0.800. The number of carboxylic acid groups (broad SMARTS) is 1. The molecule has 0 spiro atoms. The third kappa shape index (κ3) is 3.76. The summed E-state index contributed by atoms with van der Waals surface area (Å²) in [7, 11) is 0. The van der Waals surface area contributed by atoms with Gasteiger partial charge in [0.2, 0.25) is 0 Å². The van der Waals surface area contributed by atoms with Gasteiger partial charge >= 0.3 is 12.0 Å². The van der Waals surface area contributed by atoms with Gasteiger partial charge in [0, 0.05) is 24.5 Å². The van der Waals surface area contributed by atoms with E-state index in [1.165, 1.54) is 12.8 Å². The van der Waals surface area contributed by atoms with Crippen LogP contribution in [0, 0.1) is 5.92 Å². The highest BCUT2D eigenvalue weighted by Crippen LogP contribution is 2.34. The molecule has 7 heteroatoms. The highest BCUT2D eigenvalue weighted by molar-refractivity contribution is 5.69. The van der Waals surface area contributed by atoms with E-state index in [2.05, 4.69) is 20.4 Å². The van der Waals surface area contributed by atoms with E-state index >= 15 is 0 Å². The van der Waals surface area contributed by atoms with Gasteiger partial charge in [-0.3, -0.25) is 9.69 Å². The van der Waals surface area contributed by atoms with Crippen LogP contribution >= 0.6 is 0 Å². The molecule has 2 aliphatic rings. The van der Waals surface area contributed by atoms with Crippen LogP contribution in [0.3, 0.4) is 0 Å². The first-order chi connectivity index (χ1) is 10.5. The molecule has 0 atom stereocenters. The lowest BCUT2D eigenvalue weighted by atomic mass is 9.85. The average Bonchev–Trinajstić information content (AvgIpc) is 3.07. The van der Waals surface area contributed by atoms with E-state index in [0.717, 1.165) is 19.4 Å². The second kappa shape index (κ2) is 6.24. The molecule has 0 saturated heterocycles. The van der Waals surface area contributed by atoms with Crippen molar-refractivity contribution in [1.29, 1.82) is 0 Å². The SMILES string of the molecule is CC(C)c1noc(NC2CC(N(CC(=O)O)CC3CC3)C2)n1. The summed E-state index contributed by atoms with van der Waals surface area (Å²) in [4.78, 5) is 17.4. The summed E-state index contributed by atoms with van der Waals surface area (Å²) in [5, 5.41) is 16.2.